The number of carbonyl (C=O) groups excluding carboxylic acids is 1. The van der Waals surface area contributed by atoms with E-state index < -0.39 is 30.1 Å². The van der Waals surface area contributed by atoms with Crippen LogP contribution in [0.15, 0.2) is 72.8 Å². The van der Waals surface area contributed by atoms with Crippen molar-refractivity contribution >= 4 is 46.6 Å². The number of aliphatic carboxylic acids is 4. The third-order valence-corrected chi connectivity index (χ3v) is 7.11. The average molecular weight is 680 g/mol. The topological polar surface area (TPSA) is 220 Å². The lowest BCUT2D eigenvalue weighted by Crippen LogP contribution is -2.44. The summed E-state index contributed by atoms with van der Waals surface area (Å²) in [5.41, 5.74) is 2.06. The first-order valence-corrected chi connectivity index (χ1v) is 14.9. The number of hydrogen-bond acceptors (Lipinski definition) is 11. The Morgan fingerprint density at radius 1 is 0.816 bits per heavy atom. The number of aromatic nitrogens is 2. The van der Waals surface area contributed by atoms with Crippen molar-refractivity contribution in [3.05, 3.63) is 84.0 Å². The summed E-state index contributed by atoms with van der Waals surface area (Å²) < 4.78 is 11.6. The van der Waals surface area contributed by atoms with Gasteiger partial charge in [0.05, 0.1) is 13.7 Å². The number of ether oxygens (including phenoxy) is 2. The second kappa shape index (κ2) is 18.6. The van der Waals surface area contributed by atoms with Crippen molar-refractivity contribution in [2.24, 2.45) is 0 Å². The van der Waals surface area contributed by atoms with E-state index in [4.69, 9.17) is 29.9 Å². The molecule has 16 nitrogen and oxygen atoms in total. The molecule has 2 aliphatic heterocycles. The van der Waals surface area contributed by atoms with Crippen molar-refractivity contribution in [1.29, 1.82) is 0 Å². The van der Waals surface area contributed by atoms with Gasteiger partial charge in [0, 0.05) is 79.6 Å². The van der Waals surface area contributed by atoms with E-state index in [-0.39, 0.29) is 5.91 Å². The molecule has 260 valence electrons. The molecule has 3 aromatic rings. The van der Waals surface area contributed by atoms with Crippen molar-refractivity contribution in [3.8, 4) is 5.88 Å². The Balaban J connectivity index is 0.000000338. The van der Waals surface area contributed by atoms with Crippen LogP contribution in [0.1, 0.15) is 28.6 Å². The average Bonchev–Trinajstić information content (AvgIpc) is 3.36. The van der Waals surface area contributed by atoms with Crippen molar-refractivity contribution in [2.45, 2.75) is 12.6 Å². The zero-order valence-corrected chi connectivity index (χ0v) is 26.8. The van der Waals surface area contributed by atoms with E-state index in [9.17, 15) is 24.0 Å². The SMILES string of the molecule is COc1ccc2ccc(N3C(=O)c4ccccc4C3OCCCN3CCN(C)CC3)nc2n1.O=C(O)C=CC(=O)O.O=C(O)C=CC(=O)O. The summed E-state index contributed by atoms with van der Waals surface area (Å²) in [5.74, 6) is -4.13. The Labute approximate surface area is 281 Å². The molecule has 4 N–H and O–H groups in total. The van der Waals surface area contributed by atoms with Crippen LogP contribution in [-0.2, 0) is 23.9 Å². The zero-order valence-electron chi connectivity index (χ0n) is 26.8. The second-order valence-corrected chi connectivity index (χ2v) is 10.6. The molecule has 4 heterocycles. The first kappa shape index (κ1) is 37.7. The van der Waals surface area contributed by atoms with Crippen LogP contribution in [0.3, 0.4) is 0 Å². The van der Waals surface area contributed by atoms with Gasteiger partial charge in [-0.25, -0.2) is 24.2 Å². The number of fused-ring (bicyclic) bond motifs is 2. The highest BCUT2D eigenvalue weighted by Crippen LogP contribution is 2.38. The summed E-state index contributed by atoms with van der Waals surface area (Å²) in [6.07, 6.45) is 2.64. The molecule has 0 aliphatic carbocycles. The Bertz CT molecular complexity index is 1640. The molecule has 49 heavy (non-hydrogen) atoms. The molecule has 5 rings (SSSR count). The number of carboxylic acid groups (broad SMARTS) is 4. The van der Waals surface area contributed by atoms with Gasteiger partial charge in [-0.1, -0.05) is 18.2 Å². The summed E-state index contributed by atoms with van der Waals surface area (Å²) in [6.45, 7) is 5.94. The third-order valence-electron chi connectivity index (χ3n) is 7.11. The summed E-state index contributed by atoms with van der Waals surface area (Å²) in [7, 11) is 3.74. The maximum atomic E-state index is 13.3. The van der Waals surface area contributed by atoms with Gasteiger partial charge >= 0.3 is 23.9 Å². The molecule has 1 amide bonds. The van der Waals surface area contributed by atoms with E-state index in [2.05, 4.69) is 26.8 Å². The summed E-state index contributed by atoms with van der Waals surface area (Å²) >= 11 is 0. The Hall–Kier alpha value is -5.71. The van der Waals surface area contributed by atoms with Crippen LogP contribution in [-0.4, -0.2) is 123 Å². The molecule has 2 aliphatic rings. The van der Waals surface area contributed by atoms with Crippen molar-refractivity contribution < 1.29 is 53.9 Å². The van der Waals surface area contributed by atoms with Gasteiger partial charge < -0.3 is 39.7 Å². The number of anilines is 1. The minimum Gasteiger partial charge on any atom is -0.481 e. The monoisotopic (exact) mass is 679 g/mol. The molecule has 1 aromatic carbocycles. The number of nitrogens with zero attached hydrogens (tertiary/aromatic N) is 5. The summed E-state index contributed by atoms with van der Waals surface area (Å²) in [4.78, 5) is 67.1. The van der Waals surface area contributed by atoms with E-state index in [0.29, 0.717) is 53.8 Å². The van der Waals surface area contributed by atoms with Crippen molar-refractivity contribution in [3.63, 3.8) is 0 Å². The van der Waals surface area contributed by atoms with Crippen molar-refractivity contribution in [1.82, 2.24) is 19.8 Å². The van der Waals surface area contributed by atoms with Crippen LogP contribution >= 0.6 is 0 Å². The Morgan fingerprint density at radius 2 is 1.39 bits per heavy atom. The fourth-order valence-corrected chi connectivity index (χ4v) is 4.73. The molecule has 2 aromatic heterocycles. The van der Waals surface area contributed by atoms with Gasteiger partial charge in [0.25, 0.3) is 5.91 Å². The number of likely N-dealkylation sites (N-methyl/N-ethyl adjacent to an activating group) is 1. The summed E-state index contributed by atoms with van der Waals surface area (Å²) in [6, 6.07) is 15.1. The van der Waals surface area contributed by atoms with E-state index in [1.54, 1.807) is 18.1 Å². The minimum absolute atomic E-state index is 0.107. The minimum atomic E-state index is -1.26. The molecule has 0 radical (unpaired) electrons. The third kappa shape index (κ3) is 11.8. The summed E-state index contributed by atoms with van der Waals surface area (Å²) in [5, 5.41) is 32.1. The number of carboxylic acids is 4. The van der Waals surface area contributed by atoms with Crippen LogP contribution in [0.25, 0.3) is 11.0 Å². The fraction of sp³-hybridized carbons (Fsp3) is 0.303. The molecule has 1 unspecified atom stereocenters. The zero-order chi connectivity index (χ0) is 35.9. The molecule has 0 saturated carbocycles. The van der Waals surface area contributed by atoms with Gasteiger partial charge in [0.1, 0.15) is 5.82 Å². The number of pyridine rings is 2. The number of amides is 1. The van der Waals surface area contributed by atoms with Gasteiger partial charge in [-0.15, -0.1) is 0 Å². The van der Waals surface area contributed by atoms with Crippen molar-refractivity contribution in [2.75, 3.05) is 58.4 Å². The fourth-order valence-electron chi connectivity index (χ4n) is 4.73. The molecule has 1 atom stereocenters. The number of methoxy groups -OCH3 is 1. The molecule has 0 spiro atoms. The first-order chi connectivity index (χ1) is 23.4. The van der Waals surface area contributed by atoms with Crippen LogP contribution < -0.4 is 9.64 Å². The molecular weight excluding hydrogens is 642 g/mol. The number of benzene rings is 1. The maximum Gasteiger partial charge on any atom is 0.328 e. The van der Waals surface area contributed by atoms with Gasteiger partial charge in [0.2, 0.25) is 5.88 Å². The molecule has 16 heteroatoms. The van der Waals surface area contributed by atoms with E-state index in [1.807, 2.05) is 42.5 Å². The molecule has 1 saturated heterocycles. The van der Waals surface area contributed by atoms with Gasteiger partial charge in [-0.2, -0.15) is 4.98 Å². The number of piperazine rings is 1. The molecule has 0 bridgehead atoms. The maximum absolute atomic E-state index is 13.3. The van der Waals surface area contributed by atoms with Gasteiger partial charge in [-0.05, 0) is 37.7 Å². The number of hydrogen-bond donors (Lipinski definition) is 4. The van der Waals surface area contributed by atoms with Crippen LogP contribution in [0.2, 0.25) is 0 Å². The van der Waals surface area contributed by atoms with Crippen LogP contribution in [0.5, 0.6) is 5.88 Å². The van der Waals surface area contributed by atoms with E-state index in [1.165, 1.54) is 0 Å². The molecular formula is C33H37N5O11. The van der Waals surface area contributed by atoms with E-state index in [0.717, 1.165) is 50.1 Å². The molecule has 1 fully saturated rings. The Morgan fingerprint density at radius 3 is 1.96 bits per heavy atom. The Kier molecular flexibility index (Phi) is 14.3. The second-order valence-electron chi connectivity index (χ2n) is 10.6. The number of rotatable bonds is 11. The normalized spacial score (nSPS) is 16.1. The highest BCUT2D eigenvalue weighted by atomic mass is 16.5. The quantitative estimate of drug-likeness (QED) is 0.169. The first-order valence-electron chi connectivity index (χ1n) is 14.9. The van der Waals surface area contributed by atoms with Gasteiger partial charge in [0.15, 0.2) is 11.9 Å². The lowest BCUT2D eigenvalue weighted by atomic mass is 10.1. The van der Waals surface area contributed by atoms with Crippen LogP contribution in [0, 0.1) is 0 Å². The highest BCUT2D eigenvalue weighted by Gasteiger charge is 2.39. The van der Waals surface area contributed by atoms with Gasteiger partial charge in [-0.3, -0.25) is 9.69 Å². The lowest BCUT2D eigenvalue weighted by Gasteiger charge is -2.32. The van der Waals surface area contributed by atoms with Crippen LogP contribution in [0.4, 0.5) is 5.82 Å². The van der Waals surface area contributed by atoms with E-state index >= 15 is 0 Å². The predicted molar refractivity (Wildman–Crippen MR) is 175 cm³/mol. The lowest BCUT2D eigenvalue weighted by molar-refractivity contribution is -0.134. The standard InChI is InChI=1S/C25H29N5O3.2C4H4O4/c1-28-13-15-29(16-14-28)12-5-17-33-25-20-7-4-3-6-19(20)24(31)30(25)21-10-8-18-9-11-22(32-2)27-23(18)26-21;2*5-3(6)1-2-4(7)8/h3-4,6-11,25H,5,12-17H2,1-2H3;2*1-2H,(H,5,6)(H,7,8). The number of carbonyl (C=O) groups is 5. The highest BCUT2D eigenvalue weighted by molar-refractivity contribution is 6.10. The smallest absolute Gasteiger partial charge is 0.328 e. The predicted octanol–water partition coefficient (Wildman–Crippen LogP) is 2.38. The largest absolute Gasteiger partial charge is 0.481 e.